The summed E-state index contributed by atoms with van der Waals surface area (Å²) in [6.45, 7) is 12.4. The zero-order valence-corrected chi connectivity index (χ0v) is 10.5. The van der Waals surface area contributed by atoms with Gasteiger partial charge in [-0.1, -0.05) is 39.5 Å². The van der Waals surface area contributed by atoms with Gasteiger partial charge in [0.2, 0.25) is 0 Å². The summed E-state index contributed by atoms with van der Waals surface area (Å²) in [6, 6.07) is 0. The molecular weight excluding hydrogens is 184 g/mol. The fourth-order valence-corrected chi connectivity index (χ4v) is 2.21. The predicted octanol–water partition coefficient (Wildman–Crippen LogP) is 3.70. The van der Waals surface area contributed by atoms with Gasteiger partial charge in [-0.05, 0) is 43.1 Å². The van der Waals surface area contributed by atoms with Crippen molar-refractivity contribution in [3.8, 4) is 0 Å². The fraction of sp³-hybridized carbons (Fsp3) is 0.714. The average molecular weight is 208 g/mol. The van der Waals surface area contributed by atoms with E-state index in [1.807, 2.05) is 6.92 Å². The molecule has 2 unspecified atom stereocenters. The molecule has 1 heteroatoms. The number of rotatable bonds is 2. The molecule has 1 aliphatic rings. The molecule has 0 bridgehead atoms. The minimum atomic E-state index is -0.803. The van der Waals surface area contributed by atoms with Gasteiger partial charge >= 0.3 is 0 Å². The van der Waals surface area contributed by atoms with Gasteiger partial charge in [-0.15, -0.1) is 0 Å². The third-order valence-corrected chi connectivity index (χ3v) is 3.68. The van der Waals surface area contributed by atoms with Crippen molar-refractivity contribution in [3.63, 3.8) is 0 Å². The molecule has 0 aliphatic heterocycles. The van der Waals surface area contributed by atoms with Gasteiger partial charge in [0, 0.05) is 0 Å². The second-order valence-corrected chi connectivity index (χ2v) is 5.92. The van der Waals surface area contributed by atoms with Crippen LogP contribution in [0.3, 0.4) is 0 Å². The monoisotopic (exact) mass is 208 g/mol. The largest absolute Gasteiger partial charge is 0.382 e. The lowest BCUT2D eigenvalue weighted by atomic mass is 9.71. The van der Waals surface area contributed by atoms with E-state index in [0.717, 1.165) is 24.3 Å². The van der Waals surface area contributed by atoms with Crippen LogP contribution in [0.2, 0.25) is 0 Å². The van der Waals surface area contributed by atoms with Gasteiger partial charge in [-0.3, -0.25) is 0 Å². The summed E-state index contributed by atoms with van der Waals surface area (Å²) in [5.74, 6) is 0.738. The standard InChI is InChI=1S/C14H24O/c1-6-14(5,15)12-9-7-11(8-10-12)13(2,3)4/h6,9,11,15H,1,7-8,10H2,2-5H3. The van der Waals surface area contributed by atoms with Crippen LogP contribution in [0.15, 0.2) is 24.3 Å². The Kier molecular flexibility index (Phi) is 3.44. The number of allylic oxidation sites excluding steroid dienone is 1. The Balaban J connectivity index is 2.72. The Bertz CT molecular complexity index is 266. The molecule has 0 aromatic heterocycles. The molecule has 0 spiro atoms. The van der Waals surface area contributed by atoms with Crippen LogP contribution >= 0.6 is 0 Å². The minimum Gasteiger partial charge on any atom is -0.382 e. The molecule has 0 amide bonds. The van der Waals surface area contributed by atoms with E-state index in [-0.39, 0.29) is 0 Å². The van der Waals surface area contributed by atoms with E-state index in [1.54, 1.807) is 6.08 Å². The molecule has 0 aromatic rings. The van der Waals surface area contributed by atoms with E-state index in [1.165, 1.54) is 6.42 Å². The van der Waals surface area contributed by atoms with Gasteiger partial charge in [0.1, 0.15) is 5.60 Å². The lowest BCUT2D eigenvalue weighted by Gasteiger charge is -2.36. The molecule has 1 N–H and O–H groups in total. The molecule has 15 heavy (non-hydrogen) atoms. The van der Waals surface area contributed by atoms with E-state index < -0.39 is 5.60 Å². The zero-order valence-electron chi connectivity index (χ0n) is 10.5. The molecule has 1 rings (SSSR count). The number of aliphatic hydroxyl groups is 1. The van der Waals surface area contributed by atoms with E-state index in [9.17, 15) is 5.11 Å². The first-order chi connectivity index (χ1) is 6.77. The second kappa shape index (κ2) is 4.13. The van der Waals surface area contributed by atoms with Crippen molar-refractivity contribution in [3.05, 3.63) is 24.3 Å². The molecule has 0 heterocycles. The molecule has 0 saturated carbocycles. The summed E-state index contributed by atoms with van der Waals surface area (Å²) in [5.41, 5.74) is 0.711. The van der Waals surface area contributed by atoms with Crippen LogP contribution in [0.1, 0.15) is 47.0 Å². The Morgan fingerprint density at radius 3 is 2.33 bits per heavy atom. The van der Waals surface area contributed by atoms with Crippen LogP contribution in [0.25, 0.3) is 0 Å². The maximum Gasteiger partial charge on any atom is 0.101 e. The quantitative estimate of drug-likeness (QED) is 0.686. The Labute approximate surface area is 93.9 Å². The molecule has 1 aliphatic carbocycles. The van der Waals surface area contributed by atoms with Gasteiger partial charge in [-0.25, -0.2) is 0 Å². The van der Waals surface area contributed by atoms with Crippen molar-refractivity contribution >= 4 is 0 Å². The first-order valence-electron chi connectivity index (χ1n) is 5.83. The van der Waals surface area contributed by atoms with Crippen LogP contribution in [0.5, 0.6) is 0 Å². The average Bonchev–Trinajstić information content (AvgIpc) is 2.17. The molecule has 0 radical (unpaired) electrons. The number of hydrogen-bond acceptors (Lipinski definition) is 1. The van der Waals surface area contributed by atoms with Gasteiger partial charge in [0.25, 0.3) is 0 Å². The highest BCUT2D eigenvalue weighted by molar-refractivity contribution is 5.24. The first-order valence-corrected chi connectivity index (χ1v) is 5.83. The SMILES string of the molecule is C=CC(C)(O)C1=CCC(C(C)(C)C)CC1. The van der Waals surface area contributed by atoms with Crippen molar-refractivity contribution in [1.82, 2.24) is 0 Å². The smallest absolute Gasteiger partial charge is 0.101 e. The Morgan fingerprint density at radius 2 is 2.00 bits per heavy atom. The van der Waals surface area contributed by atoms with Gasteiger partial charge < -0.3 is 5.11 Å². The third-order valence-electron chi connectivity index (χ3n) is 3.68. The highest BCUT2D eigenvalue weighted by Crippen LogP contribution is 2.39. The van der Waals surface area contributed by atoms with Crippen LogP contribution in [0.4, 0.5) is 0 Å². The van der Waals surface area contributed by atoms with Gasteiger partial charge in [0.05, 0.1) is 0 Å². The van der Waals surface area contributed by atoms with Crippen molar-refractivity contribution in [2.75, 3.05) is 0 Å². The van der Waals surface area contributed by atoms with Crippen LogP contribution in [-0.4, -0.2) is 10.7 Å². The summed E-state index contributed by atoms with van der Waals surface area (Å²) < 4.78 is 0. The van der Waals surface area contributed by atoms with E-state index >= 15 is 0 Å². The van der Waals surface area contributed by atoms with Crippen molar-refractivity contribution in [1.29, 1.82) is 0 Å². The van der Waals surface area contributed by atoms with Crippen molar-refractivity contribution < 1.29 is 5.11 Å². The highest BCUT2D eigenvalue weighted by Gasteiger charge is 2.30. The number of hydrogen-bond donors (Lipinski definition) is 1. The minimum absolute atomic E-state index is 0.377. The van der Waals surface area contributed by atoms with Gasteiger partial charge in [-0.2, -0.15) is 0 Å². The van der Waals surface area contributed by atoms with Crippen LogP contribution in [0, 0.1) is 11.3 Å². The van der Waals surface area contributed by atoms with Crippen molar-refractivity contribution in [2.24, 2.45) is 11.3 Å². The maximum atomic E-state index is 10.1. The van der Waals surface area contributed by atoms with E-state index in [0.29, 0.717) is 5.41 Å². The molecular formula is C14H24O. The summed E-state index contributed by atoms with van der Waals surface area (Å²) in [6.07, 6.45) is 7.11. The van der Waals surface area contributed by atoms with Crippen LogP contribution in [-0.2, 0) is 0 Å². The summed E-state index contributed by atoms with van der Waals surface area (Å²) in [5, 5.41) is 10.1. The highest BCUT2D eigenvalue weighted by atomic mass is 16.3. The maximum absolute atomic E-state index is 10.1. The third kappa shape index (κ3) is 2.94. The summed E-state index contributed by atoms with van der Waals surface area (Å²) in [4.78, 5) is 0. The predicted molar refractivity (Wildman–Crippen MR) is 65.7 cm³/mol. The second-order valence-electron chi connectivity index (χ2n) is 5.92. The molecule has 1 nitrogen and oxygen atoms in total. The molecule has 0 saturated heterocycles. The molecule has 2 atom stereocenters. The van der Waals surface area contributed by atoms with Gasteiger partial charge in [0.15, 0.2) is 0 Å². The summed E-state index contributed by atoms with van der Waals surface area (Å²) >= 11 is 0. The van der Waals surface area contributed by atoms with E-state index in [4.69, 9.17) is 0 Å². The van der Waals surface area contributed by atoms with Crippen LogP contribution < -0.4 is 0 Å². The Hall–Kier alpha value is -0.560. The first kappa shape index (κ1) is 12.5. The van der Waals surface area contributed by atoms with E-state index in [2.05, 4.69) is 33.4 Å². The molecule has 0 aromatic carbocycles. The zero-order chi connectivity index (χ0) is 11.7. The lowest BCUT2D eigenvalue weighted by molar-refractivity contribution is 0.134. The molecule has 86 valence electrons. The summed E-state index contributed by atoms with van der Waals surface area (Å²) in [7, 11) is 0. The van der Waals surface area contributed by atoms with Crippen molar-refractivity contribution in [2.45, 2.75) is 52.6 Å². The lowest BCUT2D eigenvalue weighted by Crippen LogP contribution is -2.29. The molecule has 0 fully saturated rings. The Morgan fingerprint density at radius 1 is 1.40 bits per heavy atom. The normalized spacial score (nSPS) is 26.7. The fourth-order valence-electron chi connectivity index (χ4n) is 2.21. The topological polar surface area (TPSA) is 20.2 Å².